The van der Waals surface area contributed by atoms with Crippen LogP contribution in [0.25, 0.3) is 0 Å². The third-order valence-corrected chi connectivity index (χ3v) is 5.65. The molecule has 1 aliphatic carbocycles. The van der Waals surface area contributed by atoms with Gasteiger partial charge >= 0.3 is 0 Å². The van der Waals surface area contributed by atoms with Crippen molar-refractivity contribution < 1.29 is 17.9 Å². The first-order chi connectivity index (χ1) is 11.9. The highest BCUT2D eigenvalue weighted by atomic mass is 35.5. The molecule has 0 radical (unpaired) electrons. The van der Waals surface area contributed by atoms with Gasteiger partial charge in [-0.15, -0.1) is 0 Å². The number of carbonyl (C=O) groups is 1. The summed E-state index contributed by atoms with van der Waals surface area (Å²) in [5, 5.41) is 3.00. The van der Waals surface area contributed by atoms with E-state index in [1.165, 1.54) is 43.7 Å². The minimum absolute atomic E-state index is 0.0948. The van der Waals surface area contributed by atoms with E-state index in [-0.39, 0.29) is 28.1 Å². The Labute approximate surface area is 153 Å². The van der Waals surface area contributed by atoms with Gasteiger partial charge in [0.05, 0.1) is 13.7 Å². The summed E-state index contributed by atoms with van der Waals surface area (Å²) in [6.45, 7) is 0.171. The van der Waals surface area contributed by atoms with E-state index in [0.29, 0.717) is 6.54 Å². The zero-order chi connectivity index (χ0) is 18.3. The van der Waals surface area contributed by atoms with Crippen LogP contribution >= 0.6 is 11.6 Å². The molecule has 1 aromatic carbocycles. The first-order valence-electron chi connectivity index (χ1n) is 8.20. The number of allylic oxidation sites excluding steroid dienone is 1. The lowest BCUT2D eigenvalue weighted by Gasteiger charge is -2.13. The average molecular weight is 387 g/mol. The first kappa shape index (κ1) is 19.8. The normalized spacial score (nSPS) is 14.7. The van der Waals surface area contributed by atoms with Crippen molar-refractivity contribution in [1.29, 1.82) is 0 Å². The average Bonchev–Trinajstić information content (AvgIpc) is 2.61. The van der Waals surface area contributed by atoms with Crippen molar-refractivity contribution in [2.45, 2.75) is 37.0 Å². The number of rotatable bonds is 8. The molecule has 6 nitrogen and oxygen atoms in total. The molecule has 0 saturated carbocycles. The van der Waals surface area contributed by atoms with Crippen LogP contribution in [-0.4, -0.2) is 34.5 Å². The third-order valence-electron chi connectivity index (χ3n) is 3.99. The molecule has 0 aliphatic heterocycles. The lowest BCUT2D eigenvalue weighted by molar-refractivity contribution is -0.119. The quantitative estimate of drug-likeness (QED) is 0.672. The molecule has 1 aliphatic rings. The summed E-state index contributed by atoms with van der Waals surface area (Å²) in [5.41, 5.74) is 1.36. The van der Waals surface area contributed by atoms with Crippen molar-refractivity contribution in [2.75, 3.05) is 20.2 Å². The fourth-order valence-corrected chi connectivity index (χ4v) is 4.07. The van der Waals surface area contributed by atoms with Gasteiger partial charge in [-0.1, -0.05) is 23.3 Å². The molecular formula is C17H23ClN2O4S. The predicted octanol–water partition coefficient (Wildman–Crippen LogP) is 2.63. The lowest BCUT2D eigenvalue weighted by atomic mass is 9.97. The van der Waals surface area contributed by atoms with Crippen molar-refractivity contribution in [2.24, 2.45) is 0 Å². The van der Waals surface area contributed by atoms with E-state index in [4.69, 9.17) is 16.3 Å². The summed E-state index contributed by atoms with van der Waals surface area (Å²) in [4.78, 5) is 11.8. The molecule has 0 heterocycles. The van der Waals surface area contributed by atoms with E-state index in [0.717, 1.165) is 19.3 Å². The molecule has 0 spiro atoms. The van der Waals surface area contributed by atoms with Crippen molar-refractivity contribution >= 4 is 27.5 Å². The number of benzene rings is 1. The molecular weight excluding hydrogens is 364 g/mol. The zero-order valence-corrected chi connectivity index (χ0v) is 15.8. The smallest absolute Gasteiger partial charge is 0.244 e. The maximum Gasteiger partial charge on any atom is 0.244 e. The summed E-state index contributed by atoms with van der Waals surface area (Å²) in [6.07, 6.45) is 7.64. The zero-order valence-electron chi connectivity index (χ0n) is 14.2. The molecule has 0 aromatic heterocycles. The molecule has 0 unspecified atom stereocenters. The van der Waals surface area contributed by atoms with E-state index in [9.17, 15) is 13.2 Å². The fourth-order valence-electron chi connectivity index (χ4n) is 2.66. The molecule has 8 heteroatoms. The van der Waals surface area contributed by atoms with E-state index in [1.54, 1.807) is 0 Å². The van der Waals surface area contributed by atoms with Gasteiger partial charge in [0, 0.05) is 11.6 Å². The van der Waals surface area contributed by atoms with Crippen molar-refractivity contribution in [1.82, 2.24) is 10.0 Å². The summed E-state index contributed by atoms with van der Waals surface area (Å²) >= 11 is 5.85. The van der Waals surface area contributed by atoms with Crippen molar-refractivity contribution in [3.63, 3.8) is 0 Å². The van der Waals surface area contributed by atoms with Gasteiger partial charge in [-0.2, -0.15) is 0 Å². The van der Waals surface area contributed by atoms with Crippen LogP contribution in [0.4, 0.5) is 0 Å². The van der Waals surface area contributed by atoms with E-state index in [2.05, 4.69) is 16.1 Å². The second-order valence-corrected chi connectivity index (χ2v) is 8.00. The molecule has 2 rings (SSSR count). The highest BCUT2D eigenvalue weighted by Crippen LogP contribution is 2.26. The van der Waals surface area contributed by atoms with Crippen LogP contribution in [0.15, 0.2) is 34.7 Å². The van der Waals surface area contributed by atoms with Crippen molar-refractivity contribution in [3.8, 4) is 5.75 Å². The standard InChI is InChI=1S/C17H23ClN2O4S/c1-24-15-8-7-14(18)11-16(15)25(22,23)20-12-17(21)19-10-9-13-5-3-2-4-6-13/h5,7-8,11,20H,2-4,6,9-10,12H2,1H3,(H,19,21). The molecule has 25 heavy (non-hydrogen) atoms. The monoisotopic (exact) mass is 386 g/mol. The van der Waals surface area contributed by atoms with Gasteiger partial charge in [-0.25, -0.2) is 13.1 Å². The Hall–Kier alpha value is -1.57. The highest BCUT2D eigenvalue weighted by Gasteiger charge is 2.20. The number of amides is 1. The maximum atomic E-state index is 12.4. The first-order valence-corrected chi connectivity index (χ1v) is 10.1. The van der Waals surface area contributed by atoms with Crippen LogP contribution in [-0.2, 0) is 14.8 Å². The molecule has 138 valence electrons. The van der Waals surface area contributed by atoms with E-state index >= 15 is 0 Å². The lowest BCUT2D eigenvalue weighted by Crippen LogP contribution is -2.37. The van der Waals surface area contributed by atoms with Gasteiger partial charge in [-0.3, -0.25) is 4.79 Å². The number of ether oxygens (including phenoxy) is 1. The Morgan fingerprint density at radius 1 is 1.32 bits per heavy atom. The Morgan fingerprint density at radius 2 is 2.12 bits per heavy atom. The number of nitrogens with one attached hydrogen (secondary N) is 2. The Bertz CT molecular complexity index is 747. The van der Waals surface area contributed by atoms with Gasteiger partial charge in [0.25, 0.3) is 0 Å². The Morgan fingerprint density at radius 3 is 2.80 bits per heavy atom. The van der Waals surface area contributed by atoms with E-state index in [1.807, 2.05) is 0 Å². The molecule has 1 amide bonds. The van der Waals surface area contributed by atoms with Crippen LogP contribution in [0.3, 0.4) is 0 Å². The largest absolute Gasteiger partial charge is 0.495 e. The minimum atomic E-state index is -3.90. The van der Waals surface area contributed by atoms with Crippen LogP contribution in [0.2, 0.25) is 5.02 Å². The Balaban J connectivity index is 1.85. The van der Waals surface area contributed by atoms with Crippen LogP contribution in [0, 0.1) is 0 Å². The molecule has 0 atom stereocenters. The molecule has 1 aromatic rings. The topological polar surface area (TPSA) is 84.5 Å². The number of halogens is 1. The summed E-state index contributed by atoms with van der Waals surface area (Å²) < 4.78 is 32.0. The predicted molar refractivity (Wildman–Crippen MR) is 97.4 cm³/mol. The highest BCUT2D eigenvalue weighted by molar-refractivity contribution is 7.89. The SMILES string of the molecule is COc1ccc(Cl)cc1S(=O)(=O)NCC(=O)NCCC1=CCCCC1. The van der Waals surface area contributed by atoms with E-state index < -0.39 is 10.0 Å². The number of hydrogen-bond donors (Lipinski definition) is 2. The van der Waals surface area contributed by atoms with Crippen LogP contribution in [0.5, 0.6) is 5.75 Å². The van der Waals surface area contributed by atoms with Crippen molar-refractivity contribution in [3.05, 3.63) is 34.9 Å². The number of carbonyl (C=O) groups excluding carboxylic acids is 1. The summed E-state index contributed by atoms with van der Waals surface area (Å²) in [6, 6.07) is 4.29. The fraction of sp³-hybridized carbons (Fsp3) is 0.471. The second-order valence-electron chi connectivity index (χ2n) is 5.83. The van der Waals surface area contributed by atoms with Gasteiger partial charge < -0.3 is 10.1 Å². The van der Waals surface area contributed by atoms with Crippen LogP contribution in [0.1, 0.15) is 32.1 Å². The summed E-state index contributed by atoms with van der Waals surface area (Å²) in [5.74, 6) is -0.206. The molecule has 0 saturated heterocycles. The minimum Gasteiger partial charge on any atom is -0.495 e. The number of methoxy groups -OCH3 is 1. The van der Waals surface area contributed by atoms with Crippen LogP contribution < -0.4 is 14.8 Å². The summed E-state index contributed by atoms with van der Waals surface area (Å²) in [7, 11) is -2.53. The van der Waals surface area contributed by atoms with Gasteiger partial charge in [-0.05, 0) is 50.3 Å². The Kier molecular flexibility index (Phi) is 7.28. The second kappa shape index (κ2) is 9.22. The number of hydrogen-bond acceptors (Lipinski definition) is 4. The molecule has 0 fully saturated rings. The molecule has 0 bridgehead atoms. The third kappa shape index (κ3) is 6.02. The molecule has 2 N–H and O–H groups in total. The van der Waals surface area contributed by atoms with Gasteiger partial charge in [0.1, 0.15) is 10.6 Å². The van der Waals surface area contributed by atoms with Gasteiger partial charge in [0.15, 0.2) is 0 Å². The maximum absolute atomic E-state index is 12.4. The number of sulfonamides is 1. The van der Waals surface area contributed by atoms with Gasteiger partial charge in [0.2, 0.25) is 15.9 Å².